The number of nitrogens with one attached hydrogen (secondary N) is 2. The molecule has 2 aliphatic rings. The van der Waals surface area contributed by atoms with Gasteiger partial charge in [-0.1, -0.05) is 24.3 Å². The fourth-order valence-corrected chi connectivity index (χ4v) is 5.49. The number of aliphatic imine (C=N–C) groups is 1. The van der Waals surface area contributed by atoms with Crippen LogP contribution in [0.15, 0.2) is 76.8 Å². The number of rotatable bonds is 10. The zero-order valence-electron chi connectivity index (χ0n) is 23.2. The van der Waals surface area contributed by atoms with Gasteiger partial charge in [0.05, 0.1) is 29.6 Å². The maximum Gasteiger partial charge on any atom is 0.242 e. The molecule has 0 radical (unpaired) electrons. The van der Waals surface area contributed by atoms with Crippen molar-refractivity contribution in [1.29, 1.82) is 0 Å². The van der Waals surface area contributed by atoms with Gasteiger partial charge in [0.2, 0.25) is 5.91 Å². The monoisotopic (exact) mass is 570 g/mol. The fourth-order valence-electron chi connectivity index (χ4n) is 5.49. The number of hydrogen-bond donors (Lipinski definition) is 3. The standard InChI is InChI=1S/C31H37F3N4O3/c1-20(32)26(12-11-25-17-37-19-31(41-25)13-15-40-16-14-31)27(18-36-2)38-30(39)29(35)28(21-3-7-23(33)8-4-21)22-5-9-24(34)10-6-22/h3-10,18,25,28-29,37H,2,11-17,19,35H2,1H3,(H,38,39)/b26-20+,27-18+/t25-,29+/m1/s1. The highest BCUT2D eigenvalue weighted by molar-refractivity contribution is 5.85. The number of amides is 1. The second kappa shape index (κ2) is 14.0. The van der Waals surface area contributed by atoms with Gasteiger partial charge in [-0.2, -0.15) is 0 Å². The Morgan fingerprint density at radius 1 is 1.15 bits per heavy atom. The largest absolute Gasteiger partial charge is 0.381 e. The number of carbonyl (C=O) groups is 1. The molecule has 2 atom stereocenters. The van der Waals surface area contributed by atoms with Crippen molar-refractivity contribution in [2.75, 3.05) is 26.3 Å². The smallest absolute Gasteiger partial charge is 0.242 e. The van der Waals surface area contributed by atoms with Crippen LogP contribution < -0.4 is 16.4 Å². The zero-order chi connectivity index (χ0) is 29.4. The lowest BCUT2D eigenvalue weighted by atomic mass is 9.85. The first kappa shape index (κ1) is 30.6. The maximum atomic E-state index is 14.9. The highest BCUT2D eigenvalue weighted by Crippen LogP contribution is 2.32. The number of carbonyl (C=O) groups excluding carboxylic acids is 1. The molecule has 10 heteroatoms. The number of allylic oxidation sites excluding steroid dienone is 2. The van der Waals surface area contributed by atoms with E-state index in [1.54, 1.807) is 0 Å². The molecule has 2 saturated heterocycles. The summed E-state index contributed by atoms with van der Waals surface area (Å²) in [5, 5.41) is 6.16. The molecule has 0 saturated carbocycles. The van der Waals surface area contributed by atoms with E-state index in [4.69, 9.17) is 15.2 Å². The van der Waals surface area contributed by atoms with E-state index in [-0.39, 0.29) is 29.4 Å². The Labute approximate surface area is 238 Å². The van der Waals surface area contributed by atoms with Crippen LogP contribution in [0, 0.1) is 11.6 Å². The topological polar surface area (TPSA) is 98.0 Å². The molecule has 7 nitrogen and oxygen atoms in total. The molecule has 0 bridgehead atoms. The summed E-state index contributed by atoms with van der Waals surface area (Å²) in [6, 6.07) is 10.00. The number of ether oxygens (including phenoxy) is 2. The number of nitrogens with two attached hydrogens (primary N) is 1. The Hall–Kier alpha value is -3.31. The van der Waals surface area contributed by atoms with Crippen LogP contribution in [-0.2, 0) is 14.3 Å². The molecule has 220 valence electrons. The molecule has 2 aliphatic heterocycles. The lowest BCUT2D eigenvalue weighted by molar-refractivity contribution is -0.160. The Bertz CT molecular complexity index is 1200. The summed E-state index contributed by atoms with van der Waals surface area (Å²) >= 11 is 0. The van der Waals surface area contributed by atoms with E-state index < -0.39 is 35.3 Å². The van der Waals surface area contributed by atoms with Gasteiger partial charge in [-0.3, -0.25) is 9.79 Å². The normalized spacial score (nSPS) is 20.4. The van der Waals surface area contributed by atoms with Crippen molar-refractivity contribution >= 4 is 12.6 Å². The summed E-state index contributed by atoms with van der Waals surface area (Å²) in [5.74, 6) is -2.72. The van der Waals surface area contributed by atoms with Gasteiger partial charge in [0.1, 0.15) is 17.5 Å². The second-order valence-corrected chi connectivity index (χ2v) is 10.5. The Kier molecular flexibility index (Phi) is 10.5. The summed E-state index contributed by atoms with van der Waals surface area (Å²) in [5.41, 5.74) is 7.71. The first-order valence-corrected chi connectivity index (χ1v) is 13.8. The SMILES string of the molecule is C=N/C=C(NC(=O)[C@@H](N)C(c1ccc(F)cc1)c1ccc(F)cc1)\C(CC[C@@H]1CNCC2(CCOCC2)O1)=C(/C)F. The molecular formula is C31H37F3N4O3. The Morgan fingerprint density at radius 3 is 2.27 bits per heavy atom. The summed E-state index contributed by atoms with van der Waals surface area (Å²) in [4.78, 5) is 17.3. The molecule has 2 aromatic carbocycles. The summed E-state index contributed by atoms with van der Waals surface area (Å²) in [6.45, 7) is 7.46. The minimum Gasteiger partial charge on any atom is -0.381 e. The summed E-state index contributed by atoms with van der Waals surface area (Å²) in [7, 11) is 0. The van der Waals surface area contributed by atoms with Gasteiger partial charge in [0.25, 0.3) is 0 Å². The molecule has 1 spiro atoms. The molecule has 2 aromatic rings. The van der Waals surface area contributed by atoms with E-state index in [0.29, 0.717) is 37.3 Å². The molecule has 1 amide bonds. The molecule has 2 heterocycles. The summed E-state index contributed by atoms with van der Waals surface area (Å²) in [6.07, 6.45) is 3.52. The third-order valence-electron chi connectivity index (χ3n) is 7.70. The van der Waals surface area contributed by atoms with Gasteiger partial charge in [-0.15, -0.1) is 0 Å². The minimum atomic E-state index is -1.18. The molecule has 0 aliphatic carbocycles. The summed E-state index contributed by atoms with van der Waals surface area (Å²) < 4.78 is 54.2. The number of hydrogen-bond acceptors (Lipinski definition) is 6. The van der Waals surface area contributed by atoms with Crippen LogP contribution in [0.2, 0.25) is 0 Å². The molecule has 2 fully saturated rings. The van der Waals surface area contributed by atoms with Gasteiger partial charge < -0.3 is 25.8 Å². The van der Waals surface area contributed by atoms with Gasteiger partial charge in [-0.25, -0.2) is 13.2 Å². The van der Waals surface area contributed by atoms with Gasteiger partial charge in [0.15, 0.2) is 0 Å². The van der Waals surface area contributed by atoms with Gasteiger partial charge in [0, 0.05) is 50.6 Å². The van der Waals surface area contributed by atoms with E-state index in [0.717, 1.165) is 19.4 Å². The third kappa shape index (κ3) is 7.91. The van der Waals surface area contributed by atoms with Crippen LogP contribution in [-0.4, -0.2) is 56.7 Å². The Morgan fingerprint density at radius 2 is 1.73 bits per heavy atom. The minimum absolute atomic E-state index is 0.141. The van der Waals surface area contributed by atoms with E-state index in [1.807, 2.05) is 0 Å². The number of benzene rings is 2. The zero-order valence-corrected chi connectivity index (χ0v) is 23.2. The van der Waals surface area contributed by atoms with E-state index in [2.05, 4.69) is 22.3 Å². The van der Waals surface area contributed by atoms with E-state index >= 15 is 0 Å². The third-order valence-corrected chi connectivity index (χ3v) is 7.70. The molecule has 0 aromatic heterocycles. The predicted octanol–water partition coefficient (Wildman–Crippen LogP) is 4.64. The van der Waals surface area contributed by atoms with Crippen molar-refractivity contribution in [2.24, 2.45) is 10.7 Å². The average Bonchev–Trinajstić information content (AvgIpc) is 2.95. The predicted molar refractivity (Wildman–Crippen MR) is 152 cm³/mol. The first-order valence-electron chi connectivity index (χ1n) is 13.8. The lowest BCUT2D eigenvalue weighted by Crippen LogP contribution is -2.56. The second-order valence-electron chi connectivity index (χ2n) is 10.5. The van der Waals surface area contributed by atoms with Crippen molar-refractivity contribution in [1.82, 2.24) is 10.6 Å². The van der Waals surface area contributed by atoms with Crippen LogP contribution in [0.1, 0.15) is 49.7 Å². The van der Waals surface area contributed by atoms with Crippen molar-refractivity contribution in [3.8, 4) is 0 Å². The van der Waals surface area contributed by atoms with Crippen molar-refractivity contribution < 1.29 is 27.4 Å². The lowest BCUT2D eigenvalue weighted by Gasteiger charge is -2.44. The maximum absolute atomic E-state index is 14.9. The van der Waals surface area contributed by atoms with Gasteiger partial charge in [-0.05, 0) is 61.9 Å². The van der Waals surface area contributed by atoms with Crippen LogP contribution in [0.4, 0.5) is 13.2 Å². The quantitative estimate of drug-likeness (QED) is 0.286. The van der Waals surface area contributed by atoms with Crippen LogP contribution in [0.5, 0.6) is 0 Å². The van der Waals surface area contributed by atoms with Crippen molar-refractivity contribution in [3.05, 3.63) is 94.6 Å². The molecule has 41 heavy (non-hydrogen) atoms. The number of morpholine rings is 1. The fraction of sp³-hybridized carbons (Fsp3) is 0.419. The highest BCUT2D eigenvalue weighted by Gasteiger charge is 2.39. The first-order chi connectivity index (χ1) is 19.7. The highest BCUT2D eigenvalue weighted by atomic mass is 19.1. The van der Waals surface area contributed by atoms with E-state index in [1.165, 1.54) is 61.7 Å². The number of halogens is 3. The van der Waals surface area contributed by atoms with Crippen molar-refractivity contribution in [2.45, 2.75) is 56.3 Å². The molecular weight excluding hydrogens is 533 g/mol. The molecule has 0 unspecified atom stereocenters. The Balaban J connectivity index is 1.50. The van der Waals surface area contributed by atoms with Crippen molar-refractivity contribution in [3.63, 3.8) is 0 Å². The van der Waals surface area contributed by atoms with E-state index in [9.17, 15) is 18.0 Å². The molecule has 4 rings (SSSR count). The number of nitrogens with zero attached hydrogens (tertiary/aromatic N) is 1. The van der Waals surface area contributed by atoms with Crippen LogP contribution in [0.25, 0.3) is 0 Å². The van der Waals surface area contributed by atoms with Gasteiger partial charge >= 0.3 is 0 Å². The van der Waals surface area contributed by atoms with Crippen LogP contribution in [0.3, 0.4) is 0 Å². The average molecular weight is 571 g/mol. The van der Waals surface area contributed by atoms with Crippen LogP contribution >= 0.6 is 0 Å². The molecule has 4 N–H and O–H groups in total.